The Kier molecular flexibility index (Phi) is 2.63. The lowest BCUT2D eigenvalue weighted by atomic mass is 9.67. The quantitative estimate of drug-likeness (QED) is 0.846. The van der Waals surface area contributed by atoms with Crippen molar-refractivity contribution >= 4 is 28.6 Å². The van der Waals surface area contributed by atoms with Crippen LogP contribution < -0.4 is 5.32 Å². The molecular weight excluding hydrogens is 248 g/mol. The van der Waals surface area contributed by atoms with Gasteiger partial charge in [0, 0.05) is 29.2 Å². The highest BCUT2D eigenvalue weighted by molar-refractivity contribution is 6.21. The molecule has 94 valence electrons. The van der Waals surface area contributed by atoms with E-state index in [-0.39, 0.29) is 10.8 Å². The van der Waals surface area contributed by atoms with Gasteiger partial charge in [0.15, 0.2) is 5.65 Å². The van der Waals surface area contributed by atoms with Gasteiger partial charge in [-0.05, 0) is 18.6 Å². The van der Waals surface area contributed by atoms with Gasteiger partial charge in [-0.1, -0.05) is 13.8 Å². The topological polar surface area (TPSA) is 50.7 Å². The van der Waals surface area contributed by atoms with Gasteiger partial charge in [-0.25, -0.2) is 9.97 Å². The van der Waals surface area contributed by atoms with Crippen LogP contribution in [0.15, 0.2) is 24.5 Å². The molecule has 2 atom stereocenters. The molecule has 2 aromatic rings. The lowest BCUT2D eigenvalue weighted by Crippen LogP contribution is -2.54. The second kappa shape index (κ2) is 4.05. The molecule has 1 fully saturated rings. The molecule has 0 bridgehead atoms. The third kappa shape index (κ3) is 1.81. The number of hydrogen-bond acceptors (Lipinski definition) is 4. The van der Waals surface area contributed by atoms with E-state index in [1.165, 1.54) is 0 Å². The van der Waals surface area contributed by atoms with Crippen molar-refractivity contribution in [2.75, 3.05) is 5.32 Å². The zero-order valence-electron chi connectivity index (χ0n) is 10.4. The van der Waals surface area contributed by atoms with E-state index in [9.17, 15) is 0 Å². The average Bonchev–Trinajstić information content (AvgIpc) is 2.38. The van der Waals surface area contributed by atoms with Crippen LogP contribution in [0, 0.1) is 5.41 Å². The van der Waals surface area contributed by atoms with Crippen LogP contribution in [0.2, 0.25) is 0 Å². The van der Waals surface area contributed by atoms with Gasteiger partial charge in [0.2, 0.25) is 0 Å². The summed E-state index contributed by atoms with van der Waals surface area (Å²) in [6.07, 6.45) is 4.29. The van der Waals surface area contributed by atoms with Crippen molar-refractivity contribution in [1.29, 1.82) is 0 Å². The molecule has 4 nitrogen and oxygen atoms in total. The van der Waals surface area contributed by atoms with Gasteiger partial charge < -0.3 is 5.32 Å². The molecule has 2 heterocycles. The van der Waals surface area contributed by atoms with Gasteiger partial charge >= 0.3 is 0 Å². The average molecular weight is 263 g/mol. The van der Waals surface area contributed by atoms with Crippen LogP contribution >= 0.6 is 11.6 Å². The fourth-order valence-electron chi connectivity index (χ4n) is 2.23. The summed E-state index contributed by atoms with van der Waals surface area (Å²) in [6, 6.07) is 4.23. The predicted octanol–water partition coefficient (Wildman–Crippen LogP) is 2.84. The van der Waals surface area contributed by atoms with Crippen molar-refractivity contribution in [2.24, 2.45) is 5.41 Å². The molecule has 1 aliphatic rings. The Morgan fingerprint density at radius 3 is 2.78 bits per heavy atom. The first-order valence-corrected chi connectivity index (χ1v) is 6.49. The van der Waals surface area contributed by atoms with Crippen LogP contribution in [-0.4, -0.2) is 26.4 Å². The number of alkyl halides is 1. The lowest BCUT2D eigenvalue weighted by molar-refractivity contribution is 0.168. The van der Waals surface area contributed by atoms with Crippen LogP contribution in [0.1, 0.15) is 20.3 Å². The number of aromatic nitrogens is 3. The summed E-state index contributed by atoms with van der Waals surface area (Å²) in [4.78, 5) is 12.9. The highest BCUT2D eigenvalue weighted by Gasteiger charge is 2.47. The molecular formula is C13H15ClN4. The van der Waals surface area contributed by atoms with Crippen LogP contribution in [0.3, 0.4) is 0 Å². The number of nitrogens with one attached hydrogen (secondary N) is 1. The fraction of sp³-hybridized carbons (Fsp3) is 0.462. The Hall–Kier alpha value is -1.42. The first-order valence-electron chi connectivity index (χ1n) is 6.06. The lowest BCUT2D eigenvalue weighted by Gasteiger charge is -2.49. The number of anilines is 1. The summed E-state index contributed by atoms with van der Waals surface area (Å²) in [5, 5.41) is 3.66. The van der Waals surface area contributed by atoms with E-state index in [1.807, 2.05) is 12.1 Å². The summed E-state index contributed by atoms with van der Waals surface area (Å²) in [6.45, 7) is 4.35. The van der Waals surface area contributed by atoms with Crippen molar-refractivity contribution in [3.8, 4) is 0 Å². The van der Waals surface area contributed by atoms with Crippen LogP contribution in [-0.2, 0) is 0 Å². The molecule has 3 rings (SSSR count). The molecule has 2 aromatic heterocycles. The number of pyridine rings is 1. The third-order valence-corrected chi connectivity index (χ3v) is 4.54. The van der Waals surface area contributed by atoms with E-state index in [0.717, 1.165) is 17.8 Å². The zero-order valence-corrected chi connectivity index (χ0v) is 11.1. The van der Waals surface area contributed by atoms with Crippen molar-refractivity contribution < 1.29 is 0 Å². The van der Waals surface area contributed by atoms with E-state index in [0.29, 0.717) is 11.7 Å². The largest absolute Gasteiger partial charge is 0.367 e. The highest BCUT2D eigenvalue weighted by atomic mass is 35.5. The maximum atomic E-state index is 6.21. The Morgan fingerprint density at radius 2 is 2.06 bits per heavy atom. The van der Waals surface area contributed by atoms with E-state index in [1.54, 1.807) is 12.4 Å². The molecule has 0 saturated heterocycles. The Morgan fingerprint density at radius 1 is 1.28 bits per heavy atom. The van der Waals surface area contributed by atoms with Gasteiger partial charge in [-0.2, -0.15) is 0 Å². The smallest absolute Gasteiger partial charge is 0.180 e. The second-order valence-electron chi connectivity index (χ2n) is 5.32. The second-order valence-corrected chi connectivity index (χ2v) is 5.84. The van der Waals surface area contributed by atoms with Gasteiger partial charge in [0.1, 0.15) is 11.3 Å². The number of nitrogens with zero attached hydrogens (tertiary/aromatic N) is 3. The molecule has 0 aromatic carbocycles. The van der Waals surface area contributed by atoms with E-state index in [4.69, 9.17) is 11.6 Å². The Balaban J connectivity index is 1.83. The predicted molar refractivity (Wildman–Crippen MR) is 72.8 cm³/mol. The Bertz CT molecular complexity index is 584. The summed E-state index contributed by atoms with van der Waals surface area (Å²) in [5.74, 6) is 0.838. The minimum atomic E-state index is 0.0978. The van der Waals surface area contributed by atoms with E-state index >= 15 is 0 Å². The number of halogens is 1. The molecule has 1 N–H and O–H groups in total. The molecule has 0 aliphatic heterocycles. The van der Waals surface area contributed by atoms with Crippen LogP contribution in [0.4, 0.5) is 5.82 Å². The number of rotatable bonds is 2. The first kappa shape index (κ1) is 11.7. The maximum Gasteiger partial charge on any atom is 0.180 e. The first-order chi connectivity index (χ1) is 8.57. The van der Waals surface area contributed by atoms with Crippen molar-refractivity contribution in [2.45, 2.75) is 31.7 Å². The van der Waals surface area contributed by atoms with E-state index in [2.05, 4.69) is 34.1 Å². The minimum absolute atomic E-state index is 0.0978. The summed E-state index contributed by atoms with van der Waals surface area (Å²) in [5.41, 5.74) is 1.58. The minimum Gasteiger partial charge on any atom is -0.367 e. The molecule has 18 heavy (non-hydrogen) atoms. The molecule has 5 heteroatoms. The molecule has 1 aliphatic carbocycles. The molecule has 1 saturated carbocycles. The Labute approximate surface area is 111 Å². The van der Waals surface area contributed by atoms with Crippen molar-refractivity contribution in [3.05, 3.63) is 24.5 Å². The molecule has 2 unspecified atom stereocenters. The summed E-state index contributed by atoms with van der Waals surface area (Å²) >= 11 is 6.21. The van der Waals surface area contributed by atoms with E-state index < -0.39 is 0 Å². The van der Waals surface area contributed by atoms with Gasteiger partial charge in [-0.3, -0.25) is 4.98 Å². The monoisotopic (exact) mass is 262 g/mol. The van der Waals surface area contributed by atoms with Gasteiger partial charge in [0.05, 0.1) is 0 Å². The van der Waals surface area contributed by atoms with Crippen LogP contribution in [0.25, 0.3) is 11.2 Å². The molecule has 0 amide bonds. The van der Waals surface area contributed by atoms with Crippen molar-refractivity contribution in [3.63, 3.8) is 0 Å². The zero-order chi connectivity index (χ0) is 12.8. The fourth-order valence-corrected chi connectivity index (χ4v) is 2.56. The standard InChI is InChI=1S/C13H15ClN4/c1-13(2)9(14)7-10(13)17-11-4-3-8-12(18-11)16-6-5-15-8/h3-6,9-10H,7H2,1-2H3,(H,16,17,18). The molecule has 0 radical (unpaired) electrons. The number of hydrogen-bond donors (Lipinski definition) is 1. The SMILES string of the molecule is CC1(C)C(Cl)CC1Nc1ccc2nccnc2n1. The van der Waals surface area contributed by atoms with Crippen molar-refractivity contribution in [1.82, 2.24) is 15.0 Å². The van der Waals surface area contributed by atoms with Gasteiger partial charge in [-0.15, -0.1) is 11.6 Å². The molecule has 0 spiro atoms. The van der Waals surface area contributed by atoms with Gasteiger partial charge in [0.25, 0.3) is 0 Å². The highest BCUT2D eigenvalue weighted by Crippen LogP contribution is 2.45. The number of fused-ring (bicyclic) bond motifs is 1. The summed E-state index contributed by atoms with van der Waals surface area (Å²) < 4.78 is 0. The normalized spacial score (nSPS) is 25.7. The van der Waals surface area contributed by atoms with Crippen LogP contribution in [0.5, 0.6) is 0 Å². The third-order valence-electron chi connectivity index (χ3n) is 3.80. The summed E-state index contributed by atoms with van der Waals surface area (Å²) in [7, 11) is 0. The maximum absolute atomic E-state index is 6.21.